The number of carbonyl (C=O) groups excluding carboxylic acids is 1. The van der Waals surface area contributed by atoms with E-state index in [1.54, 1.807) is 12.1 Å². The van der Waals surface area contributed by atoms with E-state index in [-0.39, 0.29) is 17.1 Å². The number of carbonyl (C=O) groups is 1. The fraction of sp³-hybridized carbons (Fsp3) is 0.381. The first kappa shape index (κ1) is 17.5. The summed E-state index contributed by atoms with van der Waals surface area (Å²) in [5.41, 5.74) is 10.6. The fourth-order valence-corrected chi connectivity index (χ4v) is 3.98. The normalized spacial score (nSPS) is 15.5. The number of anilines is 1. The number of phenolic OH excluding ortho intramolecular Hbond substituents is 1. The van der Waals surface area contributed by atoms with Gasteiger partial charge in [0.15, 0.2) is 0 Å². The number of phenols is 1. The zero-order valence-electron chi connectivity index (χ0n) is 14.7. The number of nitrogens with two attached hydrogens (primary N) is 1. The molecule has 4 heteroatoms. The zero-order chi connectivity index (χ0) is 17.9. The molecule has 0 saturated heterocycles. The van der Waals surface area contributed by atoms with Gasteiger partial charge in [-0.3, -0.25) is 4.79 Å². The Hall–Kier alpha value is -2.33. The highest BCUT2D eigenvalue weighted by molar-refractivity contribution is 5.99. The lowest BCUT2D eigenvalue weighted by Crippen LogP contribution is -2.36. The summed E-state index contributed by atoms with van der Waals surface area (Å²) >= 11 is 0. The molecule has 0 radical (unpaired) electrons. The molecular weight excluding hydrogens is 312 g/mol. The van der Waals surface area contributed by atoms with Gasteiger partial charge in [-0.25, -0.2) is 0 Å². The van der Waals surface area contributed by atoms with Crippen LogP contribution in [0.3, 0.4) is 0 Å². The summed E-state index contributed by atoms with van der Waals surface area (Å²) in [5.74, 6) is 0.344. The van der Waals surface area contributed by atoms with Crippen molar-refractivity contribution in [2.45, 2.75) is 44.4 Å². The molecule has 0 aromatic heterocycles. The molecule has 4 nitrogen and oxygen atoms in total. The second-order valence-corrected chi connectivity index (χ2v) is 6.96. The Bertz CT molecular complexity index is 755. The smallest absolute Gasteiger partial charge is 0.228 e. The van der Waals surface area contributed by atoms with Gasteiger partial charge in [0.1, 0.15) is 5.75 Å². The van der Waals surface area contributed by atoms with Crippen molar-refractivity contribution in [3.05, 3.63) is 59.2 Å². The zero-order valence-corrected chi connectivity index (χ0v) is 14.7. The molecule has 1 amide bonds. The summed E-state index contributed by atoms with van der Waals surface area (Å²) in [4.78, 5) is 11.9. The summed E-state index contributed by atoms with van der Waals surface area (Å²) in [6, 6.07) is 13.5. The Kier molecular flexibility index (Phi) is 5.09. The van der Waals surface area contributed by atoms with Crippen LogP contribution >= 0.6 is 0 Å². The third kappa shape index (κ3) is 3.54. The molecule has 0 fully saturated rings. The van der Waals surface area contributed by atoms with Crippen LogP contribution in [0.1, 0.15) is 42.9 Å². The second kappa shape index (κ2) is 7.28. The van der Waals surface area contributed by atoms with E-state index in [1.807, 2.05) is 24.3 Å². The first-order valence-corrected chi connectivity index (χ1v) is 8.98. The van der Waals surface area contributed by atoms with E-state index in [4.69, 9.17) is 5.73 Å². The lowest BCUT2D eigenvalue weighted by molar-refractivity contribution is -0.115. The summed E-state index contributed by atoms with van der Waals surface area (Å²) in [7, 11) is 0. The van der Waals surface area contributed by atoms with E-state index in [9.17, 15) is 9.90 Å². The maximum absolute atomic E-state index is 11.9. The minimum atomic E-state index is -0.135. The van der Waals surface area contributed by atoms with Gasteiger partial charge in [0.05, 0.1) is 6.42 Å². The maximum Gasteiger partial charge on any atom is 0.228 e. The van der Waals surface area contributed by atoms with Crippen LogP contribution in [0, 0.1) is 0 Å². The van der Waals surface area contributed by atoms with E-state index in [0.717, 1.165) is 36.9 Å². The molecule has 2 aromatic carbocycles. The lowest BCUT2D eigenvalue weighted by Gasteiger charge is -2.35. The molecular formula is C21H26N2O2. The molecule has 0 saturated carbocycles. The van der Waals surface area contributed by atoms with E-state index >= 15 is 0 Å². The van der Waals surface area contributed by atoms with Gasteiger partial charge in [-0.2, -0.15) is 0 Å². The molecule has 0 aliphatic carbocycles. The van der Waals surface area contributed by atoms with Crippen molar-refractivity contribution < 1.29 is 9.90 Å². The summed E-state index contributed by atoms with van der Waals surface area (Å²) in [6.07, 6.45) is 4.29. The predicted octanol–water partition coefficient (Wildman–Crippen LogP) is 3.52. The number of rotatable bonds is 7. The van der Waals surface area contributed by atoms with Gasteiger partial charge < -0.3 is 16.2 Å². The van der Waals surface area contributed by atoms with Crippen molar-refractivity contribution >= 4 is 11.6 Å². The first-order chi connectivity index (χ1) is 12.1. The molecule has 3 rings (SSSR count). The van der Waals surface area contributed by atoms with Crippen LogP contribution in [0.2, 0.25) is 0 Å². The molecule has 0 spiro atoms. The summed E-state index contributed by atoms with van der Waals surface area (Å²) in [5, 5.41) is 12.4. The third-order valence-corrected chi connectivity index (χ3v) is 5.31. The van der Waals surface area contributed by atoms with Gasteiger partial charge >= 0.3 is 0 Å². The van der Waals surface area contributed by atoms with Crippen LogP contribution in [-0.4, -0.2) is 17.6 Å². The Balaban J connectivity index is 1.92. The molecule has 1 heterocycles. The molecule has 1 unspecified atom stereocenters. The number of aromatic hydroxyl groups is 1. The van der Waals surface area contributed by atoms with E-state index in [0.29, 0.717) is 13.0 Å². The summed E-state index contributed by atoms with van der Waals surface area (Å²) in [6.45, 7) is 2.74. The van der Waals surface area contributed by atoms with E-state index in [1.165, 1.54) is 11.1 Å². The standard InChI is InChI=1S/C21H26N2O2/c1-2-11-21(14-22,12-10-15-6-8-16(24)9-7-15)18-4-3-5-19-17(18)13-20(25)23-19/h3-9,24H,2,10-14,22H2,1H3,(H,23,25). The molecule has 1 aliphatic rings. The number of nitrogens with one attached hydrogen (secondary N) is 1. The summed E-state index contributed by atoms with van der Waals surface area (Å²) < 4.78 is 0. The fourth-order valence-electron chi connectivity index (χ4n) is 3.98. The molecule has 1 aliphatic heterocycles. The number of benzene rings is 2. The topological polar surface area (TPSA) is 75.3 Å². The predicted molar refractivity (Wildman–Crippen MR) is 101 cm³/mol. The van der Waals surface area contributed by atoms with Crippen molar-refractivity contribution in [2.75, 3.05) is 11.9 Å². The molecule has 25 heavy (non-hydrogen) atoms. The monoisotopic (exact) mass is 338 g/mol. The first-order valence-electron chi connectivity index (χ1n) is 8.98. The van der Waals surface area contributed by atoms with Crippen molar-refractivity contribution in [1.82, 2.24) is 0 Å². The Morgan fingerprint density at radius 2 is 1.92 bits per heavy atom. The average molecular weight is 338 g/mol. The van der Waals surface area contributed by atoms with Crippen molar-refractivity contribution in [3.63, 3.8) is 0 Å². The Labute approximate surface area is 149 Å². The van der Waals surface area contributed by atoms with Crippen LogP contribution in [0.4, 0.5) is 5.69 Å². The van der Waals surface area contributed by atoms with Crippen LogP contribution in [0.5, 0.6) is 5.75 Å². The molecule has 0 bridgehead atoms. The highest BCUT2D eigenvalue weighted by Gasteiger charge is 2.34. The van der Waals surface area contributed by atoms with Crippen LogP contribution < -0.4 is 11.1 Å². The molecule has 2 aromatic rings. The maximum atomic E-state index is 11.9. The number of fused-ring (bicyclic) bond motifs is 1. The largest absolute Gasteiger partial charge is 0.508 e. The van der Waals surface area contributed by atoms with Gasteiger partial charge in [0, 0.05) is 17.6 Å². The Morgan fingerprint density at radius 1 is 1.16 bits per heavy atom. The number of aryl methyl sites for hydroxylation is 1. The average Bonchev–Trinajstić information content (AvgIpc) is 3.00. The van der Waals surface area contributed by atoms with Crippen molar-refractivity contribution in [1.29, 1.82) is 0 Å². The molecule has 1 atom stereocenters. The van der Waals surface area contributed by atoms with Crippen LogP contribution in [-0.2, 0) is 23.1 Å². The number of amides is 1. The number of hydrogen-bond acceptors (Lipinski definition) is 3. The lowest BCUT2D eigenvalue weighted by atomic mass is 9.71. The Morgan fingerprint density at radius 3 is 2.60 bits per heavy atom. The van der Waals surface area contributed by atoms with Crippen LogP contribution in [0.15, 0.2) is 42.5 Å². The highest BCUT2D eigenvalue weighted by atomic mass is 16.3. The van der Waals surface area contributed by atoms with Gasteiger partial charge in [0.25, 0.3) is 0 Å². The van der Waals surface area contributed by atoms with Gasteiger partial charge in [-0.05, 0) is 54.2 Å². The van der Waals surface area contributed by atoms with Crippen molar-refractivity contribution in [3.8, 4) is 5.75 Å². The van der Waals surface area contributed by atoms with Crippen molar-refractivity contribution in [2.24, 2.45) is 5.73 Å². The van der Waals surface area contributed by atoms with Crippen LogP contribution in [0.25, 0.3) is 0 Å². The highest BCUT2D eigenvalue weighted by Crippen LogP contribution is 2.40. The number of hydrogen-bond donors (Lipinski definition) is 3. The van der Waals surface area contributed by atoms with E-state index < -0.39 is 0 Å². The minimum Gasteiger partial charge on any atom is -0.508 e. The quantitative estimate of drug-likeness (QED) is 0.723. The van der Waals surface area contributed by atoms with E-state index in [2.05, 4.69) is 18.3 Å². The molecule has 4 N–H and O–H groups in total. The molecule has 132 valence electrons. The van der Waals surface area contributed by atoms with Gasteiger partial charge in [-0.15, -0.1) is 0 Å². The minimum absolute atomic E-state index is 0.0587. The SMILES string of the molecule is CCCC(CN)(CCc1ccc(O)cc1)c1cccc2c1CC(=O)N2. The van der Waals surface area contributed by atoms with Gasteiger partial charge in [-0.1, -0.05) is 37.6 Å². The van der Waals surface area contributed by atoms with Gasteiger partial charge in [0.2, 0.25) is 5.91 Å². The second-order valence-electron chi connectivity index (χ2n) is 6.96. The third-order valence-electron chi connectivity index (χ3n) is 5.31.